The Hall–Kier alpha value is -1.09. The molecule has 92 valence electrons. The molecule has 1 aromatic carbocycles. The Morgan fingerprint density at radius 3 is 3.00 bits per heavy atom. The molecule has 0 saturated carbocycles. The normalized spacial score (nSPS) is 18.0. The van der Waals surface area contributed by atoms with Crippen molar-refractivity contribution < 1.29 is 0 Å². The lowest BCUT2D eigenvalue weighted by Gasteiger charge is -2.26. The van der Waals surface area contributed by atoms with Gasteiger partial charge in [-0.05, 0) is 43.6 Å². The highest BCUT2D eigenvalue weighted by atomic mass is 32.1. The molecule has 3 heteroatoms. The maximum atomic E-state index is 5.50. The van der Waals surface area contributed by atoms with Crippen molar-refractivity contribution in [3.05, 3.63) is 29.8 Å². The number of hydrogen-bond acceptors (Lipinski definition) is 1. The maximum absolute atomic E-state index is 5.50. The Bertz CT molecular complexity index is 403. The summed E-state index contributed by atoms with van der Waals surface area (Å²) in [6, 6.07) is 9.00. The molecule has 0 saturated heterocycles. The molecule has 0 spiro atoms. The quantitative estimate of drug-likeness (QED) is 0.653. The summed E-state index contributed by atoms with van der Waals surface area (Å²) in [7, 11) is 0. The molecule has 1 aliphatic heterocycles. The summed E-state index contributed by atoms with van der Waals surface area (Å²) in [4.78, 5) is 2.25. The minimum absolute atomic E-state index is 0.467. The lowest BCUT2D eigenvalue weighted by Crippen LogP contribution is -2.43. The van der Waals surface area contributed by atoms with Gasteiger partial charge in [0.15, 0.2) is 5.11 Å². The summed E-state index contributed by atoms with van der Waals surface area (Å²) < 4.78 is 0. The SMILES string of the molecule is CCCCNC(=S)N1c2ccccc2CC1C. The number of thiocarbonyl (C=S) groups is 1. The van der Waals surface area contributed by atoms with E-state index in [-0.39, 0.29) is 0 Å². The Labute approximate surface area is 109 Å². The molecule has 0 aliphatic carbocycles. The van der Waals surface area contributed by atoms with Crippen LogP contribution in [-0.4, -0.2) is 17.7 Å². The van der Waals surface area contributed by atoms with Gasteiger partial charge in [-0.1, -0.05) is 31.5 Å². The fourth-order valence-electron chi connectivity index (χ4n) is 2.33. The Kier molecular flexibility index (Phi) is 4.00. The van der Waals surface area contributed by atoms with Gasteiger partial charge >= 0.3 is 0 Å². The van der Waals surface area contributed by atoms with E-state index >= 15 is 0 Å². The minimum atomic E-state index is 0.467. The second-order valence-electron chi connectivity index (χ2n) is 4.64. The first-order chi connectivity index (χ1) is 8.24. The third-order valence-corrected chi connectivity index (χ3v) is 3.57. The van der Waals surface area contributed by atoms with Crippen molar-refractivity contribution >= 4 is 23.0 Å². The molecular weight excluding hydrogens is 228 g/mol. The first-order valence-electron chi connectivity index (χ1n) is 6.39. The van der Waals surface area contributed by atoms with Gasteiger partial charge in [-0.15, -0.1) is 0 Å². The summed E-state index contributed by atoms with van der Waals surface area (Å²) in [5.74, 6) is 0. The van der Waals surface area contributed by atoms with Crippen molar-refractivity contribution in [1.29, 1.82) is 0 Å². The fraction of sp³-hybridized carbons (Fsp3) is 0.500. The van der Waals surface area contributed by atoms with Crippen LogP contribution in [0.15, 0.2) is 24.3 Å². The van der Waals surface area contributed by atoms with Gasteiger partial charge in [0, 0.05) is 18.3 Å². The van der Waals surface area contributed by atoms with E-state index in [1.165, 1.54) is 24.1 Å². The average molecular weight is 248 g/mol. The van der Waals surface area contributed by atoms with Crippen LogP contribution in [0, 0.1) is 0 Å². The molecule has 1 heterocycles. The van der Waals surface area contributed by atoms with Crippen LogP contribution in [0.4, 0.5) is 5.69 Å². The van der Waals surface area contributed by atoms with Crippen LogP contribution in [0.25, 0.3) is 0 Å². The summed E-state index contributed by atoms with van der Waals surface area (Å²) in [6.45, 7) is 5.40. The van der Waals surface area contributed by atoms with Crippen molar-refractivity contribution in [1.82, 2.24) is 5.32 Å². The second-order valence-corrected chi connectivity index (χ2v) is 5.02. The van der Waals surface area contributed by atoms with E-state index in [9.17, 15) is 0 Å². The number of nitrogens with zero attached hydrogens (tertiary/aromatic N) is 1. The fourth-order valence-corrected chi connectivity index (χ4v) is 2.71. The monoisotopic (exact) mass is 248 g/mol. The molecule has 1 N–H and O–H groups in total. The number of para-hydroxylation sites is 1. The van der Waals surface area contributed by atoms with E-state index in [4.69, 9.17) is 12.2 Å². The highest BCUT2D eigenvalue weighted by molar-refractivity contribution is 7.80. The number of unbranched alkanes of at least 4 members (excludes halogenated alkanes) is 1. The van der Waals surface area contributed by atoms with Crippen LogP contribution in [-0.2, 0) is 6.42 Å². The van der Waals surface area contributed by atoms with Crippen LogP contribution in [0.3, 0.4) is 0 Å². The number of nitrogens with one attached hydrogen (secondary N) is 1. The van der Waals surface area contributed by atoms with Gasteiger partial charge in [0.1, 0.15) is 0 Å². The number of rotatable bonds is 3. The second kappa shape index (κ2) is 5.50. The lowest BCUT2D eigenvalue weighted by atomic mass is 10.1. The summed E-state index contributed by atoms with van der Waals surface area (Å²) in [5.41, 5.74) is 2.67. The third kappa shape index (κ3) is 2.60. The third-order valence-electron chi connectivity index (χ3n) is 3.23. The van der Waals surface area contributed by atoms with Gasteiger partial charge in [-0.25, -0.2) is 0 Å². The molecule has 1 aromatic rings. The molecule has 2 rings (SSSR count). The van der Waals surface area contributed by atoms with Gasteiger partial charge < -0.3 is 10.2 Å². The van der Waals surface area contributed by atoms with Crippen molar-refractivity contribution in [2.45, 2.75) is 39.2 Å². The van der Waals surface area contributed by atoms with Gasteiger partial charge in [0.2, 0.25) is 0 Å². The zero-order valence-corrected chi connectivity index (χ0v) is 11.4. The van der Waals surface area contributed by atoms with Gasteiger partial charge in [0.05, 0.1) is 0 Å². The predicted molar refractivity (Wildman–Crippen MR) is 77.6 cm³/mol. The highest BCUT2D eigenvalue weighted by Crippen LogP contribution is 2.31. The van der Waals surface area contributed by atoms with Crippen molar-refractivity contribution in [2.75, 3.05) is 11.4 Å². The zero-order valence-electron chi connectivity index (χ0n) is 10.6. The van der Waals surface area contributed by atoms with E-state index in [1.54, 1.807) is 0 Å². The van der Waals surface area contributed by atoms with Gasteiger partial charge in [0.25, 0.3) is 0 Å². The summed E-state index contributed by atoms with van der Waals surface area (Å²) >= 11 is 5.50. The smallest absolute Gasteiger partial charge is 0.173 e. The molecule has 0 fully saturated rings. The predicted octanol–water partition coefficient (Wildman–Crippen LogP) is 3.11. The molecule has 1 aliphatic rings. The maximum Gasteiger partial charge on any atom is 0.173 e. The van der Waals surface area contributed by atoms with E-state index in [0.29, 0.717) is 6.04 Å². The average Bonchev–Trinajstić information content (AvgIpc) is 2.65. The Morgan fingerprint density at radius 2 is 2.24 bits per heavy atom. The van der Waals surface area contributed by atoms with E-state index in [2.05, 4.69) is 48.3 Å². The molecule has 0 aromatic heterocycles. The summed E-state index contributed by atoms with van der Waals surface area (Å²) in [5, 5.41) is 4.23. The highest BCUT2D eigenvalue weighted by Gasteiger charge is 2.27. The van der Waals surface area contributed by atoms with Crippen molar-refractivity contribution in [3.63, 3.8) is 0 Å². The largest absolute Gasteiger partial charge is 0.362 e. The molecule has 2 nitrogen and oxygen atoms in total. The van der Waals surface area contributed by atoms with E-state index in [1.807, 2.05) is 0 Å². The standard InChI is InChI=1S/C14H20N2S/c1-3-4-9-15-14(17)16-11(2)10-12-7-5-6-8-13(12)16/h5-8,11H,3-4,9-10H2,1-2H3,(H,15,17). The minimum Gasteiger partial charge on any atom is -0.362 e. The van der Waals surface area contributed by atoms with E-state index in [0.717, 1.165) is 18.1 Å². The number of anilines is 1. The Balaban J connectivity index is 2.08. The van der Waals surface area contributed by atoms with Gasteiger partial charge in [-0.2, -0.15) is 0 Å². The van der Waals surface area contributed by atoms with Crippen LogP contribution < -0.4 is 10.2 Å². The van der Waals surface area contributed by atoms with Crippen LogP contribution in [0.1, 0.15) is 32.3 Å². The molecule has 0 radical (unpaired) electrons. The molecule has 1 unspecified atom stereocenters. The lowest BCUT2D eigenvalue weighted by molar-refractivity contribution is 0.725. The number of benzene rings is 1. The molecule has 1 atom stereocenters. The number of hydrogen-bond donors (Lipinski definition) is 1. The molecule has 0 amide bonds. The van der Waals surface area contributed by atoms with Crippen molar-refractivity contribution in [2.24, 2.45) is 0 Å². The molecular formula is C14H20N2S. The number of fused-ring (bicyclic) bond motifs is 1. The van der Waals surface area contributed by atoms with E-state index < -0.39 is 0 Å². The summed E-state index contributed by atoms with van der Waals surface area (Å²) in [6.07, 6.45) is 3.46. The first-order valence-corrected chi connectivity index (χ1v) is 6.79. The molecule has 0 bridgehead atoms. The molecule has 17 heavy (non-hydrogen) atoms. The van der Waals surface area contributed by atoms with Crippen LogP contribution in [0.2, 0.25) is 0 Å². The Morgan fingerprint density at radius 1 is 1.47 bits per heavy atom. The van der Waals surface area contributed by atoms with Gasteiger partial charge in [-0.3, -0.25) is 0 Å². The van der Waals surface area contributed by atoms with Crippen LogP contribution in [0.5, 0.6) is 0 Å². The van der Waals surface area contributed by atoms with Crippen LogP contribution >= 0.6 is 12.2 Å². The van der Waals surface area contributed by atoms with Crippen molar-refractivity contribution in [3.8, 4) is 0 Å². The first kappa shape index (κ1) is 12.4. The zero-order chi connectivity index (χ0) is 12.3. The topological polar surface area (TPSA) is 15.3 Å².